The molecule has 0 saturated heterocycles. The molecule has 0 saturated carbocycles. The zero-order valence-corrected chi connectivity index (χ0v) is 4.75. The Labute approximate surface area is 52.1 Å². The lowest BCUT2D eigenvalue weighted by molar-refractivity contribution is -0.110. The fourth-order valence-electron chi connectivity index (χ4n) is 0.220. The molecule has 0 aromatic rings. The number of Topliss-reactive ketones (excluding diaryl/α,β-unsaturated/α-hetero) is 1. The molecular formula is C5H3N3O. The summed E-state index contributed by atoms with van der Waals surface area (Å²) < 4.78 is 0. The third-order valence-corrected chi connectivity index (χ3v) is 0.664. The lowest BCUT2D eigenvalue weighted by Crippen LogP contribution is -2.21. The second kappa shape index (κ2) is 2.72. The molecule has 0 atom stereocenters. The fourth-order valence-corrected chi connectivity index (χ4v) is 0.220. The van der Waals surface area contributed by atoms with Crippen molar-refractivity contribution < 1.29 is 4.79 Å². The fraction of sp³-hybridized carbons (Fsp3) is 0.200. The molecule has 0 aliphatic heterocycles. The molecule has 0 unspecified atom stereocenters. The van der Waals surface area contributed by atoms with Crippen LogP contribution in [0.25, 0.3) is 0 Å². The summed E-state index contributed by atoms with van der Waals surface area (Å²) in [4.78, 5) is 10.1. The zero-order chi connectivity index (χ0) is 7.44. The molecule has 0 N–H and O–H groups in total. The van der Waals surface area contributed by atoms with Crippen LogP contribution in [0.3, 0.4) is 0 Å². The molecule has 44 valence electrons. The van der Waals surface area contributed by atoms with Crippen molar-refractivity contribution in [3.63, 3.8) is 0 Å². The first kappa shape index (κ1) is 7.50. The van der Waals surface area contributed by atoms with Gasteiger partial charge in [-0.25, -0.2) is 0 Å². The summed E-state index contributed by atoms with van der Waals surface area (Å²) in [6, 6.07) is 1.21. The highest BCUT2D eigenvalue weighted by Gasteiger charge is 2.10. The summed E-state index contributed by atoms with van der Waals surface area (Å²) >= 11 is 0. The normalized spacial score (nSPS) is 7.56. The number of hydrogen-bond acceptors (Lipinski definition) is 2. The Morgan fingerprint density at radius 2 is 1.89 bits per heavy atom. The van der Waals surface area contributed by atoms with E-state index in [1.165, 1.54) is 6.07 Å². The molecule has 0 aliphatic rings. The highest BCUT2D eigenvalue weighted by molar-refractivity contribution is 6.69. The van der Waals surface area contributed by atoms with Crippen molar-refractivity contribution in [3.8, 4) is 6.07 Å². The van der Waals surface area contributed by atoms with Crippen molar-refractivity contribution in [2.24, 2.45) is 0 Å². The predicted molar refractivity (Wildman–Crippen MR) is 30.6 cm³/mol. The molecule has 0 aromatic heterocycles. The van der Waals surface area contributed by atoms with Crippen LogP contribution in [-0.4, -0.2) is 17.2 Å². The van der Waals surface area contributed by atoms with Gasteiger partial charge in [-0.1, -0.05) is 0 Å². The molecule has 0 aromatic carbocycles. The van der Waals surface area contributed by atoms with Crippen molar-refractivity contribution in [2.75, 3.05) is 0 Å². The highest BCUT2D eigenvalue weighted by atomic mass is 16.1. The Bertz CT molecular complexity index is 211. The molecule has 0 rings (SSSR count). The van der Waals surface area contributed by atoms with E-state index in [0.29, 0.717) is 0 Å². The van der Waals surface area contributed by atoms with E-state index in [9.17, 15) is 4.79 Å². The number of nitrogens with zero attached hydrogens (tertiary/aromatic N) is 3. The quantitative estimate of drug-likeness (QED) is 0.420. The second-order valence-electron chi connectivity index (χ2n) is 1.37. The van der Waals surface area contributed by atoms with E-state index in [1.54, 1.807) is 0 Å². The molecule has 4 heteroatoms. The molecule has 0 heterocycles. The van der Waals surface area contributed by atoms with Gasteiger partial charge >= 0.3 is 0 Å². The standard InChI is InChI=1S/C5H3N3O/c1-3(9)5(8)4(7)2-6/h1H3. The lowest BCUT2D eigenvalue weighted by atomic mass is 10.2. The third kappa shape index (κ3) is 1.82. The molecule has 0 amide bonds. The molecular weight excluding hydrogens is 118 g/mol. The van der Waals surface area contributed by atoms with E-state index in [1.807, 2.05) is 0 Å². The monoisotopic (exact) mass is 121 g/mol. The van der Waals surface area contributed by atoms with Crippen LogP contribution >= 0.6 is 0 Å². The van der Waals surface area contributed by atoms with Crippen molar-refractivity contribution in [1.82, 2.24) is 10.8 Å². The maximum absolute atomic E-state index is 10.1. The molecule has 4 nitrogen and oxygen atoms in total. The largest absolute Gasteiger partial charge is 0.293 e. The average molecular weight is 121 g/mol. The van der Waals surface area contributed by atoms with Crippen LogP contribution in [0.2, 0.25) is 0 Å². The van der Waals surface area contributed by atoms with Crippen molar-refractivity contribution in [2.45, 2.75) is 6.92 Å². The summed E-state index contributed by atoms with van der Waals surface area (Å²) in [5, 5.41) is 24.7. The SMILES string of the molecule is CC(=O)C(=[N])C(=[N])C#N. The van der Waals surface area contributed by atoms with Gasteiger partial charge in [0.2, 0.25) is 0 Å². The van der Waals surface area contributed by atoms with Gasteiger partial charge in [0.05, 0.1) is 0 Å². The number of carbonyl (C=O) groups excluding carboxylic acids is 1. The highest BCUT2D eigenvalue weighted by Crippen LogP contribution is 1.73. The molecule has 0 bridgehead atoms. The van der Waals surface area contributed by atoms with Crippen LogP contribution in [-0.2, 0) is 4.79 Å². The number of hydrogen-bond donors (Lipinski definition) is 0. The predicted octanol–water partition coefficient (Wildman–Crippen LogP) is -1.42. The van der Waals surface area contributed by atoms with Gasteiger partial charge in [-0.05, 0) is 0 Å². The Hall–Kier alpha value is -1.50. The minimum absolute atomic E-state index is 0.728. The van der Waals surface area contributed by atoms with Gasteiger partial charge in [-0.2, -0.15) is 5.26 Å². The van der Waals surface area contributed by atoms with Gasteiger partial charge in [0, 0.05) is 6.92 Å². The Morgan fingerprint density at radius 3 is 2.00 bits per heavy atom. The lowest BCUT2D eigenvalue weighted by Gasteiger charge is -1.84. The molecule has 9 heavy (non-hydrogen) atoms. The maximum atomic E-state index is 10.1. The van der Waals surface area contributed by atoms with Crippen LogP contribution in [0, 0.1) is 11.3 Å². The summed E-state index contributed by atoms with van der Waals surface area (Å²) in [5.74, 6) is -0.728. The van der Waals surface area contributed by atoms with Crippen molar-refractivity contribution in [1.29, 1.82) is 5.26 Å². The first-order chi connectivity index (χ1) is 4.09. The number of rotatable bonds is 2. The Balaban J connectivity index is 4.28. The van der Waals surface area contributed by atoms with Gasteiger partial charge in [0.15, 0.2) is 17.2 Å². The van der Waals surface area contributed by atoms with Gasteiger partial charge < -0.3 is 0 Å². The van der Waals surface area contributed by atoms with E-state index in [2.05, 4.69) is 0 Å². The van der Waals surface area contributed by atoms with Gasteiger partial charge in [0.25, 0.3) is 0 Å². The minimum atomic E-state index is -0.942. The molecule has 0 fully saturated rings. The smallest absolute Gasteiger partial charge is 0.194 e. The van der Waals surface area contributed by atoms with Gasteiger partial charge in [-0.3, -0.25) is 4.79 Å². The molecule has 2 radical (unpaired) electrons. The van der Waals surface area contributed by atoms with Crippen LogP contribution in [0.5, 0.6) is 0 Å². The van der Waals surface area contributed by atoms with E-state index in [-0.39, 0.29) is 0 Å². The average Bonchev–Trinajstić information content (AvgIpc) is 1.84. The van der Waals surface area contributed by atoms with E-state index in [4.69, 9.17) is 16.1 Å². The third-order valence-electron chi connectivity index (χ3n) is 0.664. The first-order valence-electron chi connectivity index (χ1n) is 2.12. The second-order valence-corrected chi connectivity index (χ2v) is 1.37. The van der Waals surface area contributed by atoms with Gasteiger partial charge in [0.1, 0.15) is 6.07 Å². The first-order valence-corrected chi connectivity index (χ1v) is 2.12. The van der Waals surface area contributed by atoms with Crippen molar-refractivity contribution >= 4 is 17.2 Å². The van der Waals surface area contributed by atoms with Gasteiger partial charge in [-0.15, -0.1) is 10.8 Å². The Morgan fingerprint density at radius 1 is 1.44 bits per heavy atom. The summed E-state index contributed by atoms with van der Waals surface area (Å²) in [7, 11) is 0. The zero-order valence-electron chi connectivity index (χ0n) is 4.75. The van der Waals surface area contributed by atoms with Crippen LogP contribution in [0.1, 0.15) is 6.92 Å². The van der Waals surface area contributed by atoms with E-state index >= 15 is 0 Å². The number of nitriles is 1. The summed E-state index contributed by atoms with van der Waals surface area (Å²) in [6.07, 6.45) is 0. The van der Waals surface area contributed by atoms with Crippen LogP contribution in [0.4, 0.5) is 0 Å². The van der Waals surface area contributed by atoms with Crippen LogP contribution < -0.4 is 10.8 Å². The Kier molecular flexibility index (Phi) is 2.27. The summed E-state index contributed by atoms with van der Waals surface area (Å²) in [6.45, 7) is 1.04. The molecule has 0 spiro atoms. The van der Waals surface area contributed by atoms with Crippen molar-refractivity contribution in [3.05, 3.63) is 0 Å². The minimum Gasteiger partial charge on any atom is -0.293 e. The number of ketones is 1. The summed E-state index contributed by atoms with van der Waals surface area (Å²) in [5.41, 5.74) is -1.83. The van der Waals surface area contributed by atoms with E-state index in [0.717, 1.165) is 6.92 Å². The van der Waals surface area contributed by atoms with Crippen LogP contribution in [0.15, 0.2) is 0 Å². The topological polar surface area (TPSA) is 85.5 Å². The van der Waals surface area contributed by atoms with E-state index < -0.39 is 17.2 Å². The number of carbonyl (C=O) groups is 1. The maximum Gasteiger partial charge on any atom is 0.194 e. The molecule has 0 aliphatic carbocycles.